The highest BCUT2D eigenvalue weighted by atomic mass is 79.9. The fourth-order valence-corrected chi connectivity index (χ4v) is 3.36. The van der Waals surface area contributed by atoms with Crippen LogP contribution in [0.5, 0.6) is 5.75 Å². The average Bonchev–Trinajstić information content (AvgIpc) is 2.62. The van der Waals surface area contributed by atoms with E-state index >= 15 is 0 Å². The molecule has 3 rings (SSSR count). The predicted octanol–water partition coefficient (Wildman–Crippen LogP) is 3.25. The Morgan fingerprint density at radius 1 is 1.10 bits per heavy atom. The van der Waals surface area contributed by atoms with Crippen LogP contribution in [0, 0.1) is 0 Å². The predicted molar refractivity (Wildman–Crippen MR) is 82.4 cm³/mol. The maximum Gasteiger partial charge on any atom is 0.375 e. The number of halogens is 1. The van der Waals surface area contributed by atoms with Crippen molar-refractivity contribution >= 4 is 40.2 Å². The van der Waals surface area contributed by atoms with E-state index in [0.717, 1.165) is 5.56 Å². The number of benzene rings is 2. The summed E-state index contributed by atoms with van der Waals surface area (Å²) in [4.78, 5) is 31.1. The van der Waals surface area contributed by atoms with Crippen molar-refractivity contribution in [2.75, 3.05) is 0 Å². The summed E-state index contributed by atoms with van der Waals surface area (Å²) in [6.07, 6.45) is 0. The minimum Gasteiger partial charge on any atom is -0.424 e. The van der Waals surface area contributed by atoms with Crippen LogP contribution in [0.25, 0.3) is 11.1 Å². The van der Waals surface area contributed by atoms with Crippen LogP contribution in [-0.2, 0) is 11.8 Å². The number of fused-ring (bicyclic) bond motifs is 3. The number of ketones is 1. The molecule has 0 unspecified atom stereocenters. The fraction of sp³-hybridized carbons (Fsp3) is 0. The largest absolute Gasteiger partial charge is 0.424 e. The summed E-state index contributed by atoms with van der Waals surface area (Å²) in [6.45, 7) is -3.90. The summed E-state index contributed by atoms with van der Waals surface area (Å²) in [6, 6.07) is 10.5. The molecule has 0 saturated carbocycles. The highest BCUT2D eigenvalue weighted by Crippen LogP contribution is 2.47. The zero-order valence-corrected chi connectivity index (χ0v) is 13.2. The number of rotatable bonds is 2. The molecule has 7 heteroatoms. The maximum absolute atomic E-state index is 12.4. The fourth-order valence-electron chi connectivity index (χ4n) is 2.28. The lowest BCUT2D eigenvalue weighted by molar-refractivity contribution is 0.104. The minimum atomic E-state index is -3.90. The number of carbonyl (C=O) groups is 1. The molecule has 0 fully saturated rings. The van der Waals surface area contributed by atoms with Gasteiger partial charge in [-0.1, -0.05) is 40.2 Å². The van der Waals surface area contributed by atoms with Gasteiger partial charge in [0, 0.05) is 21.8 Å². The third-order valence-electron chi connectivity index (χ3n) is 2.97. The van der Waals surface area contributed by atoms with Gasteiger partial charge in [0.25, 0.3) is 0 Å². The molecule has 4 nitrogen and oxygen atoms in total. The molecule has 2 aromatic rings. The molecule has 0 aromatic heterocycles. The van der Waals surface area contributed by atoms with E-state index in [1.54, 1.807) is 18.2 Å². The van der Waals surface area contributed by atoms with E-state index in [1.807, 2.05) is 12.1 Å². The van der Waals surface area contributed by atoms with E-state index in [9.17, 15) is 14.6 Å². The number of hydrogen-bond donors (Lipinski definition) is 2. The topological polar surface area (TPSA) is 66.8 Å². The first-order valence-corrected chi connectivity index (χ1v) is 9.01. The molecule has 1 aliphatic carbocycles. The van der Waals surface area contributed by atoms with E-state index in [-0.39, 0.29) is 11.5 Å². The molecule has 1 aliphatic rings. The van der Waals surface area contributed by atoms with Crippen molar-refractivity contribution in [1.82, 2.24) is 0 Å². The average molecular weight is 371 g/mol. The molecule has 20 heavy (non-hydrogen) atoms. The van der Waals surface area contributed by atoms with E-state index in [1.165, 1.54) is 6.07 Å². The summed E-state index contributed by atoms with van der Waals surface area (Å²) >= 11 is 7.80. The van der Waals surface area contributed by atoms with Crippen molar-refractivity contribution in [2.24, 2.45) is 0 Å². The van der Waals surface area contributed by atoms with Gasteiger partial charge < -0.3 is 14.3 Å². The lowest BCUT2D eigenvalue weighted by Gasteiger charge is -2.13. The Hall–Kier alpha value is -1.04. The summed E-state index contributed by atoms with van der Waals surface area (Å²) < 4.78 is 5.68. The van der Waals surface area contributed by atoms with Crippen molar-refractivity contribution in [3.05, 3.63) is 52.0 Å². The molecule has 0 bridgehead atoms. The van der Waals surface area contributed by atoms with Gasteiger partial charge in [0.05, 0.1) is 5.56 Å². The third kappa shape index (κ3) is 2.34. The molecule has 0 atom stereocenters. The normalized spacial score (nSPS) is 13.1. The van der Waals surface area contributed by atoms with Crippen LogP contribution in [0.15, 0.2) is 40.9 Å². The molecule has 0 heterocycles. The summed E-state index contributed by atoms with van der Waals surface area (Å²) in [5, 5.41) is 0. The molecule has 0 radical (unpaired) electrons. The van der Waals surface area contributed by atoms with Gasteiger partial charge in [-0.3, -0.25) is 4.79 Å². The molecule has 102 valence electrons. The van der Waals surface area contributed by atoms with Crippen LogP contribution < -0.4 is 4.52 Å². The van der Waals surface area contributed by atoms with Crippen LogP contribution in [0.1, 0.15) is 15.9 Å². The van der Waals surface area contributed by atoms with E-state index in [2.05, 4.69) is 27.7 Å². The maximum atomic E-state index is 12.4. The van der Waals surface area contributed by atoms with Crippen LogP contribution in [-0.4, -0.2) is 15.6 Å². The molecule has 2 aromatic carbocycles. The van der Waals surface area contributed by atoms with E-state index in [0.29, 0.717) is 21.2 Å². The van der Waals surface area contributed by atoms with E-state index in [4.69, 9.17) is 4.52 Å². The Kier molecular flexibility index (Phi) is 3.31. The summed E-state index contributed by atoms with van der Waals surface area (Å²) in [5.74, 6) is -0.120. The lowest BCUT2D eigenvalue weighted by atomic mass is 10.1. The molecule has 0 amide bonds. The smallest absolute Gasteiger partial charge is 0.375 e. The first kappa shape index (κ1) is 13.9. The standard InChI is InChI=1S/C13H8BrO4PS/c14-7-5-10-8-3-1-2-4-9(8)13(15)12(10)11(6-7)18-19(16,17)20/h1-6H,(H2,16,17,20). The van der Waals surface area contributed by atoms with Crippen LogP contribution in [0.4, 0.5) is 0 Å². The molecule has 0 saturated heterocycles. The summed E-state index contributed by atoms with van der Waals surface area (Å²) in [7, 11) is 0. The van der Waals surface area contributed by atoms with Gasteiger partial charge in [-0.2, -0.15) is 0 Å². The Bertz CT molecular complexity index is 784. The summed E-state index contributed by atoms with van der Waals surface area (Å²) in [5.41, 5.74) is 2.36. The Morgan fingerprint density at radius 3 is 2.40 bits per heavy atom. The zero-order valence-electron chi connectivity index (χ0n) is 9.91. The van der Waals surface area contributed by atoms with Crippen molar-refractivity contribution in [3.8, 4) is 16.9 Å². The zero-order chi connectivity index (χ0) is 14.5. The minimum absolute atomic E-state index is 0.0870. The molecule has 0 spiro atoms. The SMILES string of the molecule is O=C1c2ccccc2-c2cc(Br)cc(OP(O)(O)=S)c21. The first-order valence-electron chi connectivity index (χ1n) is 5.59. The van der Waals surface area contributed by atoms with Gasteiger partial charge in [0.15, 0.2) is 5.78 Å². The Morgan fingerprint density at radius 2 is 1.75 bits per heavy atom. The number of carbonyl (C=O) groups excluding carboxylic acids is 1. The molecule has 0 aliphatic heterocycles. The van der Waals surface area contributed by atoms with Crippen LogP contribution in [0.3, 0.4) is 0 Å². The van der Waals surface area contributed by atoms with Crippen LogP contribution in [0.2, 0.25) is 0 Å². The van der Waals surface area contributed by atoms with Gasteiger partial charge in [-0.15, -0.1) is 0 Å². The second-order valence-electron chi connectivity index (χ2n) is 4.28. The second kappa shape index (κ2) is 4.76. The number of hydrogen-bond acceptors (Lipinski definition) is 3. The van der Waals surface area contributed by atoms with Gasteiger partial charge in [0.2, 0.25) is 0 Å². The highest BCUT2D eigenvalue weighted by Gasteiger charge is 2.31. The van der Waals surface area contributed by atoms with E-state index < -0.39 is 6.72 Å². The second-order valence-corrected chi connectivity index (χ2v) is 7.79. The molecular weight excluding hydrogens is 363 g/mol. The van der Waals surface area contributed by atoms with Crippen molar-refractivity contribution in [3.63, 3.8) is 0 Å². The van der Waals surface area contributed by atoms with Crippen molar-refractivity contribution in [1.29, 1.82) is 0 Å². The lowest BCUT2D eigenvalue weighted by Crippen LogP contribution is -2.00. The Labute approximate surface area is 128 Å². The Balaban J connectivity index is 2.27. The van der Waals surface area contributed by atoms with Gasteiger partial charge >= 0.3 is 6.72 Å². The monoisotopic (exact) mass is 370 g/mol. The van der Waals surface area contributed by atoms with Gasteiger partial charge in [0.1, 0.15) is 5.75 Å². The van der Waals surface area contributed by atoms with Crippen molar-refractivity contribution in [2.45, 2.75) is 0 Å². The van der Waals surface area contributed by atoms with Crippen LogP contribution >= 0.6 is 22.6 Å². The molecular formula is C13H8BrO4PS. The molecule has 2 N–H and O–H groups in total. The van der Waals surface area contributed by atoms with Gasteiger partial charge in [-0.25, -0.2) is 0 Å². The quantitative estimate of drug-likeness (QED) is 0.677. The van der Waals surface area contributed by atoms with Crippen molar-refractivity contribution < 1.29 is 19.1 Å². The highest BCUT2D eigenvalue weighted by molar-refractivity contribution is 9.10. The van der Waals surface area contributed by atoms with Gasteiger partial charge in [-0.05, 0) is 23.3 Å². The first-order chi connectivity index (χ1) is 9.37. The third-order valence-corrected chi connectivity index (χ3v) is 4.09.